The Balaban J connectivity index is 1.72. The summed E-state index contributed by atoms with van der Waals surface area (Å²) in [5.74, 6) is 0. The molecule has 3 aliphatic rings. The molecule has 2 fully saturated rings. The molecule has 3 rings (SSSR count). The second-order valence-electron chi connectivity index (χ2n) is 5.26. The van der Waals surface area contributed by atoms with Crippen molar-refractivity contribution < 1.29 is 14.2 Å². The van der Waals surface area contributed by atoms with Crippen molar-refractivity contribution in [2.24, 2.45) is 0 Å². The minimum atomic E-state index is 0.265. The van der Waals surface area contributed by atoms with Crippen LogP contribution in [0.1, 0.15) is 38.5 Å². The largest absolute Gasteiger partial charge is 0.375 e. The van der Waals surface area contributed by atoms with E-state index in [0.29, 0.717) is 0 Å². The maximum absolute atomic E-state index is 6.29. The highest BCUT2D eigenvalue weighted by atomic mass is 16.6. The lowest BCUT2D eigenvalue weighted by Crippen LogP contribution is -2.43. The molecule has 2 saturated heterocycles. The molecule has 3 heterocycles. The summed E-state index contributed by atoms with van der Waals surface area (Å²) in [6, 6.07) is 0. The van der Waals surface area contributed by atoms with Gasteiger partial charge in [0, 0.05) is 13.2 Å². The predicted molar refractivity (Wildman–Crippen MR) is 65.0 cm³/mol. The van der Waals surface area contributed by atoms with Gasteiger partial charge in [-0.25, -0.2) is 0 Å². The first-order valence-corrected chi connectivity index (χ1v) is 6.97. The SMILES string of the molecule is C1=C\C[C@H]2OCCC[C@@H]2O[C@H]2CCCO[C@@H]2C/1. The summed E-state index contributed by atoms with van der Waals surface area (Å²) in [6.07, 6.45) is 12.1. The van der Waals surface area contributed by atoms with Gasteiger partial charge in [0.2, 0.25) is 0 Å². The summed E-state index contributed by atoms with van der Waals surface area (Å²) in [5.41, 5.74) is 0. The number of fused-ring (bicyclic) bond motifs is 2. The molecule has 0 aromatic rings. The fraction of sp³-hybridized carbons (Fsp3) is 0.857. The van der Waals surface area contributed by atoms with Crippen molar-refractivity contribution in [3.63, 3.8) is 0 Å². The van der Waals surface area contributed by atoms with Crippen LogP contribution in [0.2, 0.25) is 0 Å². The van der Waals surface area contributed by atoms with Gasteiger partial charge in [-0.3, -0.25) is 0 Å². The molecular formula is C14H22O3. The van der Waals surface area contributed by atoms with E-state index >= 15 is 0 Å². The molecule has 0 saturated carbocycles. The molecule has 3 heteroatoms. The zero-order chi connectivity index (χ0) is 11.5. The highest BCUT2D eigenvalue weighted by Crippen LogP contribution is 2.28. The number of ether oxygens (including phenoxy) is 3. The summed E-state index contributed by atoms with van der Waals surface area (Å²) < 4.78 is 18.0. The van der Waals surface area contributed by atoms with Crippen molar-refractivity contribution in [1.82, 2.24) is 0 Å². The van der Waals surface area contributed by atoms with Crippen LogP contribution in [0.3, 0.4) is 0 Å². The monoisotopic (exact) mass is 238 g/mol. The average Bonchev–Trinajstić information content (AvgIpc) is 2.46. The van der Waals surface area contributed by atoms with Crippen LogP contribution in [0.4, 0.5) is 0 Å². The molecule has 0 spiro atoms. The standard InChI is InChI=1S/C14H22O3/c1-2-6-12-14(8-4-10-16-12)17-13-7-3-9-15-11(13)5-1/h1-2,11-14H,3-10H2/b2-1-/t11-,12-,13+,14+/m1/s1. The lowest BCUT2D eigenvalue weighted by atomic mass is 10.0. The summed E-state index contributed by atoms with van der Waals surface area (Å²) in [4.78, 5) is 0. The van der Waals surface area contributed by atoms with Crippen molar-refractivity contribution in [3.05, 3.63) is 12.2 Å². The van der Waals surface area contributed by atoms with E-state index in [1.807, 2.05) is 0 Å². The zero-order valence-electron chi connectivity index (χ0n) is 10.3. The smallest absolute Gasteiger partial charge is 0.0871 e. The Morgan fingerprint density at radius 3 is 1.76 bits per heavy atom. The van der Waals surface area contributed by atoms with E-state index in [0.717, 1.165) is 51.7 Å². The second-order valence-corrected chi connectivity index (χ2v) is 5.26. The third-order valence-corrected chi connectivity index (χ3v) is 4.01. The molecule has 0 unspecified atom stereocenters. The second kappa shape index (κ2) is 5.51. The van der Waals surface area contributed by atoms with E-state index in [1.54, 1.807) is 0 Å². The zero-order valence-corrected chi connectivity index (χ0v) is 10.3. The van der Waals surface area contributed by atoms with Crippen LogP contribution in [0.15, 0.2) is 12.2 Å². The normalized spacial score (nSPS) is 44.7. The topological polar surface area (TPSA) is 27.7 Å². The quantitative estimate of drug-likeness (QED) is 0.607. The van der Waals surface area contributed by atoms with Gasteiger partial charge in [0.25, 0.3) is 0 Å². The van der Waals surface area contributed by atoms with Crippen molar-refractivity contribution >= 4 is 0 Å². The first-order chi connectivity index (χ1) is 8.43. The first kappa shape index (κ1) is 11.7. The van der Waals surface area contributed by atoms with Gasteiger partial charge in [0.05, 0.1) is 24.4 Å². The van der Waals surface area contributed by atoms with E-state index in [-0.39, 0.29) is 24.4 Å². The Kier molecular flexibility index (Phi) is 3.79. The predicted octanol–water partition coefficient (Wildman–Crippen LogP) is 2.45. The molecule has 0 bridgehead atoms. The average molecular weight is 238 g/mol. The first-order valence-electron chi connectivity index (χ1n) is 6.97. The van der Waals surface area contributed by atoms with E-state index in [1.165, 1.54) is 0 Å². The van der Waals surface area contributed by atoms with Gasteiger partial charge in [0.1, 0.15) is 0 Å². The van der Waals surface area contributed by atoms with E-state index < -0.39 is 0 Å². The van der Waals surface area contributed by atoms with E-state index in [2.05, 4.69) is 12.2 Å². The molecule has 0 N–H and O–H groups in total. The number of hydrogen-bond donors (Lipinski definition) is 0. The highest BCUT2D eigenvalue weighted by molar-refractivity contribution is 4.94. The summed E-state index contributed by atoms with van der Waals surface area (Å²) >= 11 is 0. The molecule has 4 atom stereocenters. The Morgan fingerprint density at radius 1 is 0.706 bits per heavy atom. The summed E-state index contributed by atoms with van der Waals surface area (Å²) in [6.45, 7) is 1.78. The Hall–Kier alpha value is -0.380. The number of hydrogen-bond acceptors (Lipinski definition) is 3. The summed E-state index contributed by atoms with van der Waals surface area (Å²) in [7, 11) is 0. The number of rotatable bonds is 0. The highest BCUT2D eigenvalue weighted by Gasteiger charge is 2.34. The fourth-order valence-electron chi connectivity index (χ4n) is 3.06. The van der Waals surface area contributed by atoms with E-state index in [9.17, 15) is 0 Å². The Labute approximate surface area is 103 Å². The molecule has 0 radical (unpaired) electrons. The third kappa shape index (κ3) is 2.72. The van der Waals surface area contributed by atoms with Gasteiger partial charge in [0.15, 0.2) is 0 Å². The van der Waals surface area contributed by atoms with Gasteiger partial charge >= 0.3 is 0 Å². The van der Waals surface area contributed by atoms with Crippen molar-refractivity contribution in [2.45, 2.75) is 62.9 Å². The van der Waals surface area contributed by atoms with Crippen LogP contribution in [0, 0.1) is 0 Å². The third-order valence-electron chi connectivity index (χ3n) is 4.01. The molecular weight excluding hydrogens is 216 g/mol. The van der Waals surface area contributed by atoms with Gasteiger partial charge in [-0.15, -0.1) is 0 Å². The maximum Gasteiger partial charge on any atom is 0.0871 e. The van der Waals surface area contributed by atoms with Crippen LogP contribution in [0.5, 0.6) is 0 Å². The molecule has 0 amide bonds. The van der Waals surface area contributed by atoms with Crippen LogP contribution in [0.25, 0.3) is 0 Å². The molecule has 3 nitrogen and oxygen atoms in total. The van der Waals surface area contributed by atoms with Gasteiger partial charge in [-0.05, 0) is 38.5 Å². The molecule has 0 aromatic carbocycles. The van der Waals surface area contributed by atoms with Gasteiger partial charge in [-0.1, -0.05) is 12.2 Å². The van der Waals surface area contributed by atoms with Crippen LogP contribution < -0.4 is 0 Å². The minimum absolute atomic E-state index is 0.265. The van der Waals surface area contributed by atoms with Gasteiger partial charge in [-0.2, -0.15) is 0 Å². The molecule has 96 valence electrons. The molecule has 0 aromatic heterocycles. The molecule has 17 heavy (non-hydrogen) atoms. The van der Waals surface area contributed by atoms with Gasteiger partial charge < -0.3 is 14.2 Å². The van der Waals surface area contributed by atoms with Crippen LogP contribution >= 0.6 is 0 Å². The maximum atomic E-state index is 6.29. The van der Waals surface area contributed by atoms with Crippen molar-refractivity contribution in [1.29, 1.82) is 0 Å². The minimum Gasteiger partial charge on any atom is -0.375 e. The Morgan fingerprint density at radius 2 is 1.24 bits per heavy atom. The molecule has 0 aliphatic carbocycles. The Bertz CT molecular complexity index is 251. The fourth-order valence-corrected chi connectivity index (χ4v) is 3.06. The van der Waals surface area contributed by atoms with E-state index in [4.69, 9.17) is 14.2 Å². The van der Waals surface area contributed by atoms with Crippen molar-refractivity contribution in [3.8, 4) is 0 Å². The molecule has 3 aliphatic heterocycles. The lowest BCUT2D eigenvalue weighted by Gasteiger charge is -2.37. The lowest BCUT2D eigenvalue weighted by molar-refractivity contribution is -0.174. The van der Waals surface area contributed by atoms with Crippen LogP contribution in [-0.2, 0) is 14.2 Å². The summed E-state index contributed by atoms with van der Waals surface area (Å²) in [5, 5.41) is 0. The van der Waals surface area contributed by atoms with Crippen molar-refractivity contribution in [2.75, 3.05) is 13.2 Å². The van der Waals surface area contributed by atoms with Crippen LogP contribution in [-0.4, -0.2) is 37.6 Å².